The molecule has 24 heavy (non-hydrogen) atoms. The van der Waals surface area contributed by atoms with E-state index in [1.807, 2.05) is 18.2 Å². The van der Waals surface area contributed by atoms with E-state index in [-0.39, 0.29) is 13.4 Å². The zero-order chi connectivity index (χ0) is 16.8. The summed E-state index contributed by atoms with van der Waals surface area (Å²) in [6.45, 7) is 6.28. The molecule has 1 aromatic carbocycles. The second-order valence-corrected chi connectivity index (χ2v) is 6.22. The van der Waals surface area contributed by atoms with Crippen LogP contribution in [0.15, 0.2) is 18.2 Å². The van der Waals surface area contributed by atoms with Crippen LogP contribution in [0.4, 0.5) is 0 Å². The van der Waals surface area contributed by atoms with Gasteiger partial charge in [0.2, 0.25) is 6.79 Å². The van der Waals surface area contributed by atoms with Crippen molar-refractivity contribution in [2.45, 2.75) is 12.7 Å². The highest BCUT2D eigenvalue weighted by Crippen LogP contribution is 2.32. The summed E-state index contributed by atoms with van der Waals surface area (Å²) >= 11 is 0. The predicted octanol–water partition coefficient (Wildman–Crippen LogP) is -0.0973. The van der Waals surface area contributed by atoms with Crippen molar-refractivity contribution in [1.82, 2.24) is 9.80 Å². The minimum atomic E-state index is -0.497. The Hall–Kier alpha value is -1.38. The smallest absolute Gasteiger partial charge is 0.231 e. The van der Waals surface area contributed by atoms with E-state index in [9.17, 15) is 5.11 Å². The molecule has 1 aromatic rings. The summed E-state index contributed by atoms with van der Waals surface area (Å²) < 4.78 is 16.2. The Kier molecular flexibility index (Phi) is 6.28. The minimum Gasteiger partial charge on any atom is -0.454 e. The molecule has 2 heterocycles. The first-order chi connectivity index (χ1) is 11.7. The fraction of sp³-hybridized carbons (Fsp3) is 0.647. The number of β-amino-alcohol motifs (C(OH)–C–C–N with tert-alkyl or cyclic N) is 2. The van der Waals surface area contributed by atoms with Crippen LogP contribution in [0.5, 0.6) is 11.5 Å². The number of fused-ring (bicyclic) bond motifs is 1. The first-order valence-electron chi connectivity index (χ1n) is 8.44. The van der Waals surface area contributed by atoms with Gasteiger partial charge in [-0.3, -0.25) is 9.80 Å². The predicted molar refractivity (Wildman–Crippen MR) is 88.2 cm³/mol. The van der Waals surface area contributed by atoms with E-state index in [1.54, 1.807) is 0 Å². The van der Waals surface area contributed by atoms with E-state index >= 15 is 0 Å². The molecule has 0 saturated carbocycles. The van der Waals surface area contributed by atoms with Gasteiger partial charge in [-0.05, 0) is 17.7 Å². The van der Waals surface area contributed by atoms with Crippen LogP contribution < -0.4 is 9.47 Å². The lowest BCUT2D eigenvalue weighted by atomic mass is 10.2. The number of benzene rings is 1. The number of ether oxygens (including phenoxy) is 3. The van der Waals surface area contributed by atoms with Crippen LogP contribution in [0.2, 0.25) is 0 Å². The average Bonchev–Trinajstić information content (AvgIpc) is 3.05. The van der Waals surface area contributed by atoms with Gasteiger partial charge >= 0.3 is 0 Å². The second kappa shape index (κ2) is 8.64. The molecule has 7 nitrogen and oxygen atoms in total. The van der Waals surface area contributed by atoms with Gasteiger partial charge in [-0.2, -0.15) is 0 Å². The lowest BCUT2D eigenvalue weighted by molar-refractivity contribution is 0.000497. The Bertz CT molecular complexity index is 520. The molecule has 1 fully saturated rings. The monoisotopic (exact) mass is 338 g/mol. The summed E-state index contributed by atoms with van der Waals surface area (Å²) in [5.74, 6) is 1.51. The van der Waals surface area contributed by atoms with Crippen molar-refractivity contribution >= 4 is 0 Å². The summed E-state index contributed by atoms with van der Waals surface area (Å²) in [5.41, 5.74) is 1.00. The van der Waals surface area contributed by atoms with Gasteiger partial charge in [0.05, 0.1) is 25.9 Å². The highest BCUT2D eigenvalue weighted by Gasteiger charge is 2.19. The van der Waals surface area contributed by atoms with E-state index in [2.05, 4.69) is 9.80 Å². The van der Waals surface area contributed by atoms with Gasteiger partial charge in [0.15, 0.2) is 11.5 Å². The molecule has 2 aliphatic heterocycles. The third kappa shape index (κ3) is 4.81. The highest BCUT2D eigenvalue weighted by atomic mass is 16.7. The van der Waals surface area contributed by atoms with Gasteiger partial charge in [-0.15, -0.1) is 0 Å². The maximum absolute atomic E-state index is 10.1. The van der Waals surface area contributed by atoms with E-state index < -0.39 is 6.10 Å². The number of rotatable bonds is 8. The summed E-state index contributed by atoms with van der Waals surface area (Å²) in [6.07, 6.45) is -0.497. The Balaban J connectivity index is 1.33. The summed E-state index contributed by atoms with van der Waals surface area (Å²) in [7, 11) is 0. The quantitative estimate of drug-likeness (QED) is 0.686. The van der Waals surface area contributed by atoms with E-state index in [0.29, 0.717) is 19.8 Å². The lowest BCUT2D eigenvalue weighted by Crippen LogP contribution is -2.49. The molecular weight excluding hydrogens is 312 g/mol. The summed E-state index contributed by atoms with van der Waals surface area (Å²) in [4.78, 5) is 4.47. The van der Waals surface area contributed by atoms with Crippen molar-refractivity contribution in [3.63, 3.8) is 0 Å². The fourth-order valence-electron chi connectivity index (χ4n) is 3.03. The number of aliphatic hydroxyl groups is 2. The largest absolute Gasteiger partial charge is 0.454 e. The SMILES string of the molecule is OCCN1CCN(C[C@@H](O)COCc2ccc3c(c2)OCO3)CC1. The van der Waals surface area contributed by atoms with Gasteiger partial charge in [0.1, 0.15) is 0 Å². The third-order valence-electron chi connectivity index (χ3n) is 4.37. The molecule has 0 aliphatic carbocycles. The van der Waals surface area contributed by atoms with E-state index in [1.165, 1.54) is 0 Å². The molecule has 0 bridgehead atoms. The van der Waals surface area contributed by atoms with Crippen molar-refractivity contribution in [3.8, 4) is 11.5 Å². The van der Waals surface area contributed by atoms with Crippen molar-refractivity contribution < 1.29 is 24.4 Å². The van der Waals surface area contributed by atoms with Crippen LogP contribution >= 0.6 is 0 Å². The molecule has 0 amide bonds. The van der Waals surface area contributed by atoms with Crippen LogP contribution in [0.1, 0.15) is 5.56 Å². The Morgan fingerprint density at radius 3 is 2.62 bits per heavy atom. The molecule has 0 spiro atoms. The number of aliphatic hydroxyl groups excluding tert-OH is 2. The molecule has 3 rings (SSSR count). The molecule has 7 heteroatoms. The standard InChI is InChI=1S/C17H26N2O5/c20-8-7-18-3-5-19(6-4-18)10-15(21)12-22-11-14-1-2-16-17(9-14)24-13-23-16/h1-2,9,15,20-21H,3-8,10-13H2/t15-/m1/s1. The van der Waals surface area contributed by atoms with Crippen LogP contribution in [-0.4, -0.2) is 85.4 Å². The van der Waals surface area contributed by atoms with Crippen LogP contribution in [0.25, 0.3) is 0 Å². The zero-order valence-electron chi connectivity index (χ0n) is 13.9. The Morgan fingerprint density at radius 2 is 1.83 bits per heavy atom. The first kappa shape index (κ1) is 17.4. The van der Waals surface area contributed by atoms with Crippen molar-refractivity contribution in [3.05, 3.63) is 23.8 Å². The molecule has 1 atom stereocenters. The average molecular weight is 338 g/mol. The molecule has 0 radical (unpaired) electrons. The van der Waals surface area contributed by atoms with Crippen molar-refractivity contribution in [2.24, 2.45) is 0 Å². The van der Waals surface area contributed by atoms with Gasteiger partial charge in [0, 0.05) is 39.3 Å². The van der Waals surface area contributed by atoms with Gasteiger partial charge < -0.3 is 24.4 Å². The molecule has 2 N–H and O–H groups in total. The molecule has 1 saturated heterocycles. The summed E-state index contributed by atoms with van der Waals surface area (Å²) in [5, 5.41) is 19.1. The summed E-state index contributed by atoms with van der Waals surface area (Å²) in [6, 6.07) is 5.73. The van der Waals surface area contributed by atoms with E-state index in [4.69, 9.17) is 19.3 Å². The van der Waals surface area contributed by atoms with Crippen molar-refractivity contribution in [2.75, 3.05) is 59.3 Å². The second-order valence-electron chi connectivity index (χ2n) is 6.22. The number of hydrogen-bond donors (Lipinski definition) is 2. The first-order valence-corrected chi connectivity index (χ1v) is 8.44. The Labute approximate surface area is 142 Å². The highest BCUT2D eigenvalue weighted by molar-refractivity contribution is 5.44. The van der Waals surface area contributed by atoms with Gasteiger partial charge in [-0.1, -0.05) is 6.07 Å². The molecular formula is C17H26N2O5. The molecule has 134 valence electrons. The lowest BCUT2D eigenvalue weighted by Gasteiger charge is -2.35. The molecule has 2 aliphatic rings. The van der Waals surface area contributed by atoms with Gasteiger partial charge in [-0.25, -0.2) is 0 Å². The van der Waals surface area contributed by atoms with Crippen molar-refractivity contribution in [1.29, 1.82) is 0 Å². The topological polar surface area (TPSA) is 74.6 Å². The van der Waals surface area contributed by atoms with Crippen LogP contribution in [0.3, 0.4) is 0 Å². The van der Waals surface area contributed by atoms with Crippen LogP contribution in [-0.2, 0) is 11.3 Å². The maximum Gasteiger partial charge on any atom is 0.231 e. The number of hydrogen-bond acceptors (Lipinski definition) is 7. The number of piperazine rings is 1. The normalized spacial score (nSPS) is 19.6. The van der Waals surface area contributed by atoms with Crippen LogP contribution in [0, 0.1) is 0 Å². The van der Waals surface area contributed by atoms with Gasteiger partial charge in [0.25, 0.3) is 0 Å². The fourth-order valence-corrected chi connectivity index (χ4v) is 3.03. The minimum absolute atomic E-state index is 0.205. The van der Waals surface area contributed by atoms with E-state index in [0.717, 1.165) is 49.8 Å². The Morgan fingerprint density at radius 1 is 1.08 bits per heavy atom. The molecule has 0 aromatic heterocycles. The third-order valence-corrected chi connectivity index (χ3v) is 4.37. The number of nitrogens with zero attached hydrogens (tertiary/aromatic N) is 2. The zero-order valence-corrected chi connectivity index (χ0v) is 13.9. The maximum atomic E-state index is 10.1. The molecule has 0 unspecified atom stereocenters.